The summed E-state index contributed by atoms with van der Waals surface area (Å²) >= 11 is 8.29. The lowest BCUT2D eigenvalue weighted by Crippen LogP contribution is -2.11. The number of thioether (sulfide) groups is 1. The first-order chi connectivity index (χ1) is 9.58. The van der Waals surface area contributed by atoms with Crippen LogP contribution in [0.15, 0.2) is 28.2 Å². The number of nitrogens with one attached hydrogen (secondary N) is 1. The normalized spacial score (nSPS) is 10.7. The molecular weight excluding hydrogens is 316 g/mol. The third-order valence-corrected chi connectivity index (χ3v) is 4.61. The summed E-state index contributed by atoms with van der Waals surface area (Å²) in [6, 6.07) is 4.90. The van der Waals surface area contributed by atoms with E-state index in [-0.39, 0.29) is 17.1 Å². The molecule has 0 aliphatic heterocycles. The maximum Gasteiger partial charge on any atom is 0.251 e. The number of halogens is 1. The highest BCUT2D eigenvalue weighted by Crippen LogP contribution is 2.23. The Labute approximate surface area is 129 Å². The van der Waals surface area contributed by atoms with E-state index in [2.05, 4.69) is 9.97 Å². The number of aryl methyl sites for hydroxylation is 1. The van der Waals surface area contributed by atoms with E-state index in [9.17, 15) is 9.59 Å². The van der Waals surface area contributed by atoms with Crippen molar-refractivity contribution in [3.63, 3.8) is 0 Å². The van der Waals surface area contributed by atoms with Crippen molar-refractivity contribution in [2.24, 2.45) is 0 Å². The molecule has 2 aromatic heterocycles. The van der Waals surface area contributed by atoms with Gasteiger partial charge in [0.15, 0.2) is 10.9 Å². The molecule has 0 aliphatic rings. The molecule has 0 spiro atoms. The van der Waals surface area contributed by atoms with Crippen LogP contribution in [0, 0.1) is 0 Å². The summed E-state index contributed by atoms with van der Waals surface area (Å²) in [6.07, 6.45) is 1.68. The van der Waals surface area contributed by atoms with Crippen LogP contribution in [0.1, 0.15) is 28.7 Å². The highest BCUT2D eigenvalue weighted by atomic mass is 35.5. The number of Topliss-reactive ketones (excluding diaryl/α,β-unsaturated/α-hetero) is 1. The molecule has 0 atom stereocenters. The van der Waals surface area contributed by atoms with Crippen molar-refractivity contribution in [1.82, 2.24) is 9.97 Å². The Bertz CT molecular complexity index is 666. The van der Waals surface area contributed by atoms with Crippen LogP contribution in [0.25, 0.3) is 0 Å². The minimum atomic E-state index is -0.183. The van der Waals surface area contributed by atoms with Gasteiger partial charge in [-0.2, -0.15) is 0 Å². The highest BCUT2D eigenvalue weighted by molar-refractivity contribution is 7.99. The molecule has 2 heterocycles. The monoisotopic (exact) mass is 328 g/mol. The maximum atomic E-state index is 11.9. The van der Waals surface area contributed by atoms with Crippen LogP contribution >= 0.6 is 34.7 Å². The fraction of sp³-hybridized carbons (Fsp3) is 0.308. The number of carbonyl (C=O) groups is 1. The summed E-state index contributed by atoms with van der Waals surface area (Å²) in [5.41, 5.74) is 0.572. The molecule has 0 bridgehead atoms. The van der Waals surface area contributed by atoms with Gasteiger partial charge in [0.25, 0.3) is 5.56 Å². The number of rotatable bonds is 6. The summed E-state index contributed by atoms with van der Waals surface area (Å²) in [4.78, 5) is 31.0. The Balaban J connectivity index is 2.03. The van der Waals surface area contributed by atoms with Crippen LogP contribution in [0.3, 0.4) is 0 Å². The van der Waals surface area contributed by atoms with Crippen LogP contribution < -0.4 is 5.56 Å². The average molecular weight is 329 g/mol. The molecule has 0 saturated heterocycles. The SMILES string of the molecule is CCCc1cc(=O)[nH]c(SCC(=O)c2ccc(Cl)s2)n1. The first-order valence-corrected chi connectivity index (χ1v) is 8.28. The molecule has 0 aromatic carbocycles. The fourth-order valence-electron chi connectivity index (χ4n) is 1.61. The summed E-state index contributed by atoms with van der Waals surface area (Å²) in [5.74, 6) is 0.213. The third kappa shape index (κ3) is 4.19. The fourth-order valence-corrected chi connectivity index (χ4v) is 3.46. The van der Waals surface area contributed by atoms with Gasteiger partial charge in [-0.1, -0.05) is 36.7 Å². The van der Waals surface area contributed by atoms with Gasteiger partial charge >= 0.3 is 0 Å². The van der Waals surface area contributed by atoms with E-state index in [0.717, 1.165) is 18.5 Å². The van der Waals surface area contributed by atoms with Crippen LogP contribution in [0.4, 0.5) is 0 Å². The van der Waals surface area contributed by atoms with Gasteiger partial charge in [-0.05, 0) is 18.6 Å². The largest absolute Gasteiger partial charge is 0.301 e. The topological polar surface area (TPSA) is 62.8 Å². The molecule has 2 rings (SSSR count). The molecule has 0 amide bonds. The number of ketones is 1. The van der Waals surface area contributed by atoms with Crippen molar-refractivity contribution in [1.29, 1.82) is 0 Å². The predicted octanol–water partition coefficient (Wildman–Crippen LogP) is 3.41. The van der Waals surface area contributed by atoms with E-state index in [1.54, 1.807) is 12.1 Å². The molecular formula is C13H13ClN2O2S2. The second kappa shape index (κ2) is 7.06. The summed E-state index contributed by atoms with van der Waals surface area (Å²) in [5, 5.41) is 0.483. The number of carbonyl (C=O) groups excluding carboxylic acids is 1. The lowest BCUT2D eigenvalue weighted by molar-refractivity contribution is 0.102. The van der Waals surface area contributed by atoms with Crippen molar-refractivity contribution in [3.05, 3.63) is 43.5 Å². The summed E-state index contributed by atoms with van der Waals surface area (Å²) in [7, 11) is 0. The Hall–Kier alpha value is -1.11. The molecule has 0 fully saturated rings. The van der Waals surface area contributed by atoms with E-state index in [4.69, 9.17) is 11.6 Å². The average Bonchev–Trinajstić information content (AvgIpc) is 2.82. The zero-order valence-corrected chi connectivity index (χ0v) is 13.2. The third-order valence-electron chi connectivity index (χ3n) is 2.47. The summed E-state index contributed by atoms with van der Waals surface area (Å²) in [6.45, 7) is 2.03. The smallest absolute Gasteiger partial charge is 0.251 e. The molecule has 4 nitrogen and oxygen atoms in total. The van der Waals surface area contributed by atoms with Gasteiger partial charge in [0.2, 0.25) is 0 Å². The highest BCUT2D eigenvalue weighted by Gasteiger charge is 2.11. The Morgan fingerprint density at radius 3 is 2.95 bits per heavy atom. The van der Waals surface area contributed by atoms with Gasteiger partial charge in [0.1, 0.15) is 0 Å². The first kappa shape index (κ1) is 15.3. The van der Waals surface area contributed by atoms with Crippen LogP contribution in [-0.2, 0) is 6.42 Å². The van der Waals surface area contributed by atoms with E-state index >= 15 is 0 Å². The minimum Gasteiger partial charge on any atom is -0.301 e. The van der Waals surface area contributed by atoms with E-state index in [1.165, 1.54) is 29.2 Å². The first-order valence-electron chi connectivity index (χ1n) is 6.10. The molecule has 2 aromatic rings. The van der Waals surface area contributed by atoms with Crippen molar-refractivity contribution >= 4 is 40.5 Å². The zero-order chi connectivity index (χ0) is 14.5. The molecule has 0 saturated carbocycles. The van der Waals surface area contributed by atoms with Crippen molar-refractivity contribution in [2.75, 3.05) is 5.75 Å². The van der Waals surface area contributed by atoms with Crippen LogP contribution in [-0.4, -0.2) is 21.5 Å². The van der Waals surface area contributed by atoms with E-state index in [1.807, 2.05) is 6.92 Å². The Kier molecular flexibility index (Phi) is 5.39. The molecule has 106 valence electrons. The lowest BCUT2D eigenvalue weighted by atomic mass is 10.2. The molecule has 7 heteroatoms. The van der Waals surface area contributed by atoms with E-state index in [0.29, 0.717) is 14.4 Å². The Morgan fingerprint density at radius 2 is 2.30 bits per heavy atom. The second-order valence-electron chi connectivity index (χ2n) is 4.11. The van der Waals surface area contributed by atoms with Crippen LogP contribution in [0.2, 0.25) is 4.34 Å². The van der Waals surface area contributed by atoms with Crippen molar-refractivity contribution in [3.8, 4) is 0 Å². The maximum absolute atomic E-state index is 11.9. The second-order valence-corrected chi connectivity index (χ2v) is 6.79. The van der Waals surface area contributed by atoms with Gasteiger partial charge in [0.05, 0.1) is 15.0 Å². The Morgan fingerprint density at radius 1 is 1.50 bits per heavy atom. The number of thiophene rings is 1. The number of H-pyrrole nitrogens is 1. The zero-order valence-electron chi connectivity index (χ0n) is 10.8. The van der Waals surface area contributed by atoms with Gasteiger partial charge < -0.3 is 4.98 Å². The van der Waals surface area contributed by atoms with Gasteiger partial charge in [-0.3, -0.25) is 9.59 Å². The van der Waals surface area contributed by atoms with Crippen LogP contribution in [0.5, 0.6) is 0 Å². The number of aromatic nitrogens is 2. The predicted molar refractivity (Wildman–Crippen MR) is 83.2 cm³/mol. The standard InChI is InChI=1S/C13H13ClN2O2S2/c1-2-3-8-6-12(18)16-13(15-8)19-7-9(17)10-4-5-11(14)20-10/h4-6H,2-3,7H2,1H3,(H,15,16,18). The molecule has 0 aliphatic carbocycles. The molecule has 0 radical (unpaired) electrons. The molecule has 0 unspecified atom stereocenters. The minimum absolute atomic E-state index is 0.0181. The number of hydrogen-bond acceptors (Lipinski definition) is 5. The van der Waals surface area contributed by atoms with Gasteiger partial charge in [-0.25, -0.2) is 4.98 Å². The molecule has 1 N–H and O–H groups in total. The van der Waals surface area contributed by atoms with E-state index < -0.39 is 0 Å². The van der Waals surface area contributed by atoms with Gasteiger partial charge in [-0.15, -0.1) is 11.3 Å². The number of nitrogens with zero attached hydrogens (tertiary/aromatic N) is 1. The van der Waals surface area contributed by atoms with Gasteiger partial charge in [0, 0.05) is 11.8 Å². The van der Waals surface area contributed by atoms with Crippen molar-refractivity contribution in [2.45, 2.75) is 24.9 Å². The lowest BCUT2D eigenvalue weighted by Gasteiger charge is -2.02. The summed E-state index contributed by atoms with van der Waals surface area (Å²) < 4.78 is 0.592. The molecule has 20 heavy (non-hydrogen) atoms. The number of hydrogen-bond donors (Lipinski definition) is 1. The number of aromatic amines is 1. The quantitative estimate of drug-likeness (QED) is 0.501. The van der Waals surface area contributed by atoms with Crippen molar-refractivity contribution < 1.29 is 4.79 Å².